The Morgan fingerprint density at radius 2 is 2.14 bits per heavy atom. The summed E-state index contributed by atoms with van der Waals surface area (Å²) < 4.78 is 11.8. The number of rotatable bonds is 2. The van der Waals surface area contributed by atoms with Gasteiger partial charge in [-0.05, 0) is 19.0 Å². The first kappa shape index (κ1) is 11.6. The second-order valence-electron chi connectivity index (χ2n) is 2.94. The first-order valence-electron chi connectivity index (χ1n) is 4.26. The van der Waals surface area contributed by atoms with E-state index in [4.69, 9.17) is 0 Å². The Bertz CT molecular complexity index is 303. The fourth-order valence-electron chi connectivity index (χ4n) is 1.35. The van der Waals surface area contributed by atoms with Gasteiger partial charge in [0.05, 0.1) is 16.0 Å². The van der Waals surface area contributed by atoms with E-state index >= 15 is 0 Å². The lowest BCUT2D eigenvalue weighted by Gasteiger charge is -2.05. The molecule has 0 aromatic carbocycles. The Hall–Kier alpha value is -0.520. The molecule has 1 fully saturated rings. The van der Waals surface area contributed by atoms with Crippen molar-refractivity contribution in [3.05, 3.63) is 18.5 Å². The maximum Gasteiger partial charge on any atom is 0.218 e. The van der Waals surface area contributed by atoms with Crippen molar-refractivity contribution in [2.45, 2.75) is 16.8 Å². The van der Waals surface area contributed by atoms with E-state index in [2.05, 4.69) is 15.3 Å². The van der Waals surface area contributed by atoms with Crippen LogP contribution in [0.2, 0.25) is 0 Å². The average molecular weight is 234 g/mol. The van der Waals surface area contributed by atoms with Crippen molar-refractivity contribution in [2.75, 3.05) is 13.1 Å². The first-order chi connectivity index (χ1) is 6.38. The summed E-state index contributed by atoms with van der Waals surface area (Å²) in [6.45, 7) is 1.76. The minimum Gasteiger partial charge on any atom is -0.315 e. The Kier molecular flexibility index (Phi) is 4.44. The first-order valence-corrected chi connectivity index (χ1v) is 5.47. The van der Waals surface area contributed by atoms with Gasteiger partial charge in [0, 0.05) is 18.9 Å². The predicted octanol–water partition coefficient (Wildman–Crippen LogP) is 0.368. The van der Waals surface area contributed by atoms with Crippen LogP contribution in [0.3, 0.4) is 0 Å². The largest absolute Gasteiger partial charge is 0.315 e. The van der Waals surface area contributed by atoms with Crippen LogP contribution in [0.4, 0.5) is 0 Å². The van der Waals surface area contributed by atoms with Gasteiger partial charge in [0.25, 0.3) is 0 Å². The molecule has 14 heavy (non-hydrogen) atoms. The van der Waals surface area contributed by atoms with Crippen LogP contribution in [0.15, 0.2) is 23.6 Å². The van der Waals surface area contributed by atoms with Crippen LogP contribution >= 0.6 is 12.4 Å². The standard InChI is InChI=1S/C8H11N3OS.ClH/c12-13(7-2-5-9-6-7)8-10-3-1-4-11-8;/h1,3-4,7,9H,2,5-6H2;1H. The highest BCUT2D eigenvalue weighted by atomic mass is 35.5. The lowest BCUT2D eigenvalue weighted by atomic mass is 10.4. The highest BCUT2D eigenvalue weighted by Crippen LogP contribution is 2.11. The third kappa shape index (κ3) is 2.50. The van der Waals surface area contributed by atoms with E-state index in [0.29, 0.717) is 5.16 Å². The summed E-state index contributed by atoms with van der Waals surface area (Å²) in [6, 6.07) is 1.73. The zero-order chi connectivity index (χ0) is 9.10. The quantitative estimate of drug-likeness (QED) is 0.750. The fraction of sp³-hybridized carbons (Fsp3) is 0.500. The molecule has 1 N–H and O–H groups in total. The van der Waals surface area contributed by atoms with E-state index in [1.54, 1.807) is 18.5 Å². The summed E-state index contributed by atoms with van der Waals surface area (Å²) in [5, 5.41) is 3.81. The van der Waals surface area contributed by atoms with Gasteiger partial charge in [0.2, 0.25) is 5.16 Å². The lowest BCUT2D eigenvalue weighted by molar-refractivity contribution is 0.664. The van der Waals surface area contributed by atoms with Crippen molar-refractivity contribution in [1.82, 2.24) is 15.3 Å². The Labute approximate surface area is 91.4 Å². The summed E-state index contributed by atoms with van der Waals surface area (Å²) in [5.74, 6) is 0. The summed E-state index contributed by atoms with van der Waals surface area (Å²) in [7, 11) is -1.04. The molecule has 1 aliphatic rings. The molecule has 0 radical (unpaired) electrons. The Balaban J connectivity index is 0.000000980. The normalized spacial score (nSPS) is 22.7. The molecule has 0 amide bonds. The molecule has 1 aromatic rings. The zero-order valence-corrected chi connectivity index (χ0v) is 9.18. The van der Waals surface area contributed by atoms with Gasteiger partial charge in [0.1, 0.15) is 0 Å². The summed E-state index contributed by atoms with van der Waals surface area (Å²) in [4.78, 5) is 7.97. The lowest BCUT2D eigenvalue weighted by Crippen LogP contribution is -2.20. The molecule has 2 unspecified atom stereocenters. The van der Waals surface area contributed by atoms with Gasteiger partial charge in [0.15, 0.2) is 0 Å². The number of halogens is 1. The van der Waals surface area contributed by atoms with Crippen molar-refractivity contribution in [2.24, 2.45) is 0 Å². The predicted molar refractivity (Wildman–Crippen MR) is 57.0 cm³/mol. The van der Waals surface area contributed by atoms with E-state index in [9.17, 15) is 4.21 Å². The number of nitrogens with zero attached hydrogens (tertiary/aromatic N) is 2. The van der Waals surface area contributed by atoms with Crippen LogP contribution in [-0.2, 0) is 10.8 Å². The van der Waals surface area contributed by atoms with Gasteiger partial charge >= 0.3 is 0 Å². The molecule has 78 valence electrons. The van der Waals surface area contributed by atoms with Crippen molar-refractivity contribution in [3.63, 3.8) is 0 Å². The second-order valence-corrected chi connectivity index (χ2v) is 4.57. The molecule has 2 heterocycles. The van der Waals surface area contributed by atoms with Crippen LogP contribution in [0, 0.1) is 0 Å². The molecule has 0 spiro atoms. The van der Waals surface area contributed by atoms with E-state index in [0.717, 1.165) is 19.5 Å². The molecule has 1 aliphatic heterocycles. The molecular weight excluding hydrogens is 222 g/mol. The minimum atomic E-state index is -1.04. The van der Waals surface area contributed by atoms with Crippen molar-refractivity contribution < 1.29 is 4.21 Å². The van der Waals surface area contributed by atoms with Crippen molar-refractivity contribution in [3.8, 4) is 0 Å². The van der Waals surface area contributed by atoms with Gasteiger partial charge in [-0.25, -0.2) is 9.97 Å². The SMILES string of the molecule is Cl.O=S(c1ncccn1)C1CCNC1. The highest BCUT2D eigenvalue weighted by Gasteiger charge is 2.23. The van der Waals surface area contributed by atoms with E-state index in [1.165, 1.54) is 0 Å². The van der Waals surface area contributed by atoms with Gasteiger partial charge < -0.3 is 5.32 Å². The van der Waals surface area contributed by atoms with Crippen molar-refractivity contribution in [1.29, 1.82) is 0 Å². The Morgan fingerprint density at radius 3 is 2.71 bits per heavy atom. The molecule has 0 bridgehead atoms. The number of nitrogens with one attached hydrogen (secondary N) is 1. The molecule has 1 aromatic heterocycles. The highest BCUT2D eigenvalue weighted by molar-refractivity contribution is 7.85. The van der Waals surface area contributed by atoms with E-state index < -0.39 is 10.8 Å². The van der Waals surface area contributed by atoms with Gasteiger partial charge in [-0.15, -0.1) is 12.4 Å². The molecular formula is C8H12ClN3OS. The van der Waals surface area contributed by atoms with Crippen LogP contribution in [-0.4, -0.2) is 32.5 Å². The molecule has 2 atom stereocenters. The monoisotopic (exact) mass is 233 g/mol. The number of aromatic nitrogens is 2. The van der Waals surface area contributed by atoms with E-state index in [-0.39, 0.29) is 17.7 Å². The third-order valence-corrected chi connectivity index (χ3v) is 3.62. The third-order valence-electron chi connectivity index (χ3n) is 2.04. The maximum absolute atomic E-state index is 11.8. The zero-order valence-electron chi connectivity index (χ0n) is 7.55. The number of hydrogen-bond acceptors (Lipinski definition) is 4. The minimum absolute atomic E-state index is 0. The molecule has 0 aliphatic carbocycles. The topological polar surface area (TPSA) is 54.9 Å². The van der Waals surface area contributed by atoms with E-state index in [1.807, 2.05) is 0 Å². The summed E-state index contributed by atoms with van der Waals surface area (Å²) in [5.41, 5.74) is 0. The molecule has 2 rings (SSSR count). The van der Waals surface area contributed by atoms with Crippen LogP contribution in [0.1, 0.15) is 6.42 Å². The molecule has 4 nitrogen and oxygen atoms in total. The molecule has 0 saturated carbocycles. The van der Waals surface area contributed by atoms with Crippen LogP contribution in [0.5, 0.6) is 0 Å². The van der Waals surface area contributed by atoms with Gasteiger partial charge in [-0.3, -0.25) is 4.21 Å². The van der Waals surface area contributed by atoms with Crippen LogP contribution in [0.25, 0.3) is 0 Å². The fourth-order valence-corrected chi connectivity index (χ4v) is 2.58. The second kappa shape index (κ2) is 5.38. The van der Waals surface area contributed by atoms with Crippen LogP contribution < -0.4 is 5.32 Å². The summed E-state index contributed by atoms with van der Waals surface area (Å²) in [6.07, 6.45) is 4.20. The van der Waals surface area contributed by atoms with Crippen molar-refractivity contribution >= 4 is 23.2 Å². The maximum atomic E-state index is 11.8. The Morgan fingerprint density at radius 1 is 1.43 bits per heavy atom. The molecule has 1 saturated heterocycles. The molecule has 6 heteroatoms. The van der Waals surface area contributed by atoms with Gasteiger partial charge in [-0.1, -0.05) is 0 Å². The number of hydrogen-bond donors (Lipinski definition) is 1. The average Bonchev–Trinajstić information content (AvgIpc) is 2.71. The summed E-state index contributed by atoms with van der Waals surface area (Å²) >= 11 is 0. The van der Waals surface area contributed by atoms with Gasteiger partial charge in [-0.2, -0.15) is 0 Å². The smallest absolute Gasteiger partial charge is 0.218 e.